The summed E-state index contributed by atoms with van der Waals surface area (Å²) in [5, 5.41) is 3.82. The second kappa shape index (κ2) is 7.64. The van der Waals surface area contributed by atoms with Crippen LogP contribution in [0.4, 0.5) is 0 Å². The lowest BCUT2D eigenvalue weighted by Crippen LogP contribution is -2.52. The Morgan fingerprint density at radius 2 is 1.84 bits per heavy atom. The topological polar surface area (TPSA) is 21.3 Å². The molecule has 2 heteroatoms. The first-order chi connectivity index (χ1) is 9.30. The third kappa shape index (κ3) is 4.46. The Morgan fingerprint density at radius 1 is 1.16 bits per heavy atom. The van der Waals surface area contributed by atoms with Gasteiger partial charge in [-0.3, -0.25) is 0 Å². The van der Waals surface area contributed by atoms with Crippen LogP contribution in [0, 0.1) is 5.92 Å². The Hall–Kier alpha value is -0.0800. The van der Waals surface area contributed by atoms with Gasteiger partial charge in [0.1, 0.15) is 0 Å². The van der Waals surface area contributed by atoms with E-state index in [2.05, 4.69) is 12.2 Å². The highest BCUT2D eigenvalue weighted by molar-refractivity contribution is 4.95. The van der Waals surface area contributed by atoms with E-state index in [-0.39, 0.29) is 5.60 Å². The van der Waals surface area contributed by atoms with Crippen molar-refractivity contribution in [2.45, 2.75) is 89.2 Å². The van der Waals surface area contributed by atoms with E-state index in [1.165, 1.54) is 70.6 Å². The van der Waals surface area contributed by atoms with Crippen molar-refractivity contribution < 1.29 is 4.74 Å². The predicted octanol–water partition coefficient (Wildman–Crippen LogP) is 4.28. The van der Waals surface area contributed by atoms with E-state index < -0.39 is 0 Å². The van der Waals surface area contributed by atoms with Gasteiger partial charge in [0.15, 0.2) is 0 Å². The summed E-state index contributed by atoms with van der Waals surface area (Å²) in [5.41, 5.74) is 0.126. The van der Waals surface area contributed by atoms with Crippen molar-refractivity contribution >= 4 is 0 Å². The summed E-state index contributed by atoms with van der Waals surface area (Å²) in [7, 11) is 1.95. The average molecular weight is 267 g/mol. The summed E-state index contributed by atoms with van der Waals surface area (Å²) in [5.74, 6) is 1.03. The van der Waals surface area contributed by atoms with E-state index in [1.807, 2.05) is 7.11 Å². The molecule has 0 heterocycles. The fourth-order valence-corrected chi connectivity index (χ4v) is 3.70. The molecule has 0 aromatic heterocycles. The summed E-state index contributed by atoms with van der Waals surface area (Å²) < 4.78 is 6.11. The zero-order chi connectivity index (χ0) is 13.6. The molecule has 0 aromatic rings. The molecule has 0 aromatic carbocycles. The Balaban J connectivity index is 1.97. The van der Waals surface area contributed by atoms with Gasteiger partial charge < -0.3 is 10.1 Å². The van der Waals surface area contributed by atoms with Crippen LogP contribution in [0.3, 0.4) is 0 Å². The Kier molecular flexibility index (Phi) is 6.15. The van der Waals surface area contributed by atoms with Crippen LogP contribution in [-0.4, -0.2) is 25.3 Å². The fourth-order valence-electron chi connectivity index (χ4n) is 3.70. The molecule has 0 saturated heterocycles. The summed E-state index contributed by atoms with van der Waals surface area (Å²) in [6.07, 6.45) is 14.9. The maximum Gasteiger partial charge on any atom is 0.0830 e. The van der Waals surface area contributed by atoms with Gasteiger partial charge in [0.05, 0.1) is 5.60 Å². The van der Waals surface area contributed by atoms with Crippen LogP contribution in [0.25, 0.3) is 0 Å². The Labute approximate surface area is 119 Å². The fraction of sp³-hybridized carbons (Fsp3) is 1.00. The lowest BCUT2D eigenvalue weighted by Gasteiger charge is -2.40. The number of rotatable bonds is 8. The van der Waals surface area contributed by atoms with Crippen molar-refractivity contribution in [2.24, 2.45) is 5.92 Å². The van der Waals surface area contributed by atoms with E-state index >= 15 is 0 Å². The molecule has 2 aliphatic rings. The molecule has 2 saturated carbocycles. The minimum Gasteiger partial charge on any atom is -0.377 e. The summed E-state index contributed by atoms with van der Waals surface area (Å²) in [6.45, 7) is 3.40. The number of hydrogen-bond acceptors (Lipinski definition) is 2. The largest absolute Gasteiger partial charge is 0.377 e. The minimum atomic E-state index is 0.126. The number of methoxy groups -OCH3 is 1. The maximum absolute atomic E-state index is 6.11. The molecule has 2 rings (SSSR count). The van der Waals surface area contributed by atoms with Gasteiger partial charge in [0.25, 0.3) is 0 Å². The number of hydrogen-bond donors (Lipinski definition) is 1. The minimum absolute atomic E-state index is 0.126. The van der Waals surface area contributed by atoms with Crippen LogP contribution in [0.1, 0.15) is 77.6 Å². The molecular formula is C17H33NO. The van der Waals surface area contributed by atoms with Crippen molar-refractivity contribution in [3.05, 3.63) is 0 Å². The molecule has 2 fully saturated rings. The second-order valence-electron chi connectivity index (χ2n) is 6.71. The highest BCUT2D eigenvalue weighted by Gasteiger charge is 2.39. The molecule has 1 unspecified atom stereocenters. The number of ether oxygens (including phenoxy) is 1. The van der Waals surface area contributed by atoms with Crippen molar-refractivity contribution in [3.63, 3.8) is 0 Å². The summed E-state index contributed by atoms with van der Waals surface area (Å²) >= 11 is 0. The average Bonchev–Trinajstić information content (AvgIpc) is 3.25. The molecule has 2 aliphatic carbocycles. The van der Waals surface area contributed by atoms with Gasteiger partial charge in [0, 0.05) is 13.2 Å². The lowest BCUT2D eigenvalue weighted by atomic mass is 9.83. The zero-order valence-corrected chi connectivity index (χ0v) is 13.0. The van der Waals surface area contributed by atoms with Gasteiger partial charge in [-0.15, -0.1) is 0 Å². The third-order valence-electron chi connectivity index (χ3n) is 5.19. The first-order valence-electron chi connectivity index (χ1n) is 8.59. The Bertz CT molecular complexity index is 242. The van der Waals surface area contributed by atoms with Crippen LogP contribution in [0.15, 0.2) is 0 Å². The van der Waals surface area contributed by atoms with Gasteiger partial charge in [-0.1, -0.05) is 45.4 Å². The first-order valence-corrected chi connectivity index (χ1v) is 8.59. The van der Waals surface area contributed by atoms with Crippen LogP contribution in [0.2, 0.25) is 0 Å². The van der Waals surface area contributed by atoms with Gasteiger partial charge >= 0.3 is 0 Å². The van der Waals surface area contributed by atoms with E-state index in [9.17, 15) is 0 Å². The summed E-state index contributed by atoms with van der Waals surface area (Å²) in [4.78, 5) is 0. The highest BCUT2D eigenvalue weighted by Crippen LogP contribution is 2.38. The normalized spacial score (nSPS) is 24.9. The molecule has 112 valence electrons. The molecule has 0 spiro atoms. The van der Waals surface area contributed by atoms with Crippen molar-refractivity contribution in [1.82, 2.24) is 5.32 Å². The molecule has 0 amide bonds. The quantitative estimate of drug-likeness (QED) is 0.663. The zero-order valence-electron chi connectivity index (χ0n) is 13.0. The van der Waals surface area contributed by atoms with Gasteiger partial charge in [-0.25, -0.2) is 0 Å². The molecule has 0 aliphatic heterocycles. The second-order valence-corrected chi connectivity index (χ2v) is 6.71. The van der Waals surface area contributed by atoms with E-state index in [0.717, 1.165) is 12.5 Å². The SMILES string of the molecule is CCCNC(CCC1CC1)C1(OC)CCCCCC1. The van der Waals surface area contributed by atoms with E-state index in [0.29, 0.717) is 6.04 Å². The monoisotopic (exact) mass is 267 g/mol. The molecule has 1 N–H and O–H groups in total. The first kappa shape index (κ1) is 15.3. The molecule has 0 radical (unpaired) electrons. The van der Waals surface area contributed by atoms with E-state index in [1.54, 1.807) is 0 Å². The van der Waals surface area contributed by atoms with Crippen molar-refractivity contribution in [2.75, 3.05) is 13.7 Å². The highest BCUT2D eigenvalue weighted by atomic mass is 16.5. The molecule has 0 bridgehead atoms. The lowest BCUT2D eigenvalue weighted by molar-refractivity contribution is -0.0554. The smallest absolute Gasteiger partial charge is 0.0830 e. The predicted molar refractivity (Wildman–Crippen MR) is 81.5 cm³/mol. The third-order valence-corrected chi connectivity index (χ3v) is 5.19. The van der Waals surface area contributed by atoms with Gasteiger partial charge in [-0.05, 0) is 44.6 Å². The molecule has 1 atom stereocenters. The van der Waals surface area contributed by atoms with Crippen LogP contribution in [-0.2, 0) is 4.74 Å². The van der Waals surface area contributed by atoms with Crippen molar-refractivity contribution in [1.29, 1.82) is 0 Å². The van der Waals surface area contributed by atoms with Gasteiger partial charge in [0.2, 0.25) is 0 Å². The summed E-state index contributed by atoms with van der Waals surface area (Å²) in [6, 6.07) is 0.580. The van der Waals surface area contributed by atoms with Crippen LogP contribution < -0.4 is 5.32 Å². The molecule has 19 heavy (non-hydrogen) atoms. The standard InChI is InChI=1S/C17H33NO/c1-3-14-18-16(11-10-15-8-9-15)17(19-2)12-6-4-5-7-13-17/h15-16,18H,3-14H2,1-2H3. The Morgan fingerprint density at radius 3 is 2.37 bits per heavy atom. The maximum atomic E-state index is 6.11. The van der Waals surface area contributed by atoms with E-state index in [4.69, 9.17) is 4.74 Å². The molecular weight excluding hydrogens is 234 g/mol. The number of nitrogens with one attached hydrogen (secondary N) is 1. The van der Waals surface area contributed by atoms with Crippen LogP contribution >= 0.6 is 0 Å². The molecule has 2 nitrogen and oxygen atoms in total. The van der Waals surface area contributed by atoms with Crippen molar-refractivity contribution in [3.8, 4) is 0 Å². The van der Waals surface area contributed by atoms with Gasteiger partial charge in [-0.2, -0.15) is 0 Å². The van der Waals surface area contributed by atoms with Crippen LogP contribution in [0.5, 0.6) is 0 Å².